The highest BCUT2D eigenvalue weighted by atomic mass is 28.3. The summed E-state index contributed by atoms with van der Waals surface area (Å²) in [5, 5.41) is 20.5. The van der Waals surface area contributed by atoms with E-state index in [0.29, 0.717) is 0 Å². The highest BCUT2D eigenvalue weighted by molar-refractivity contribution is 6.91. The van der Waals surface area contributed by atoms with E-state index in [1.54, 1.807) is 0 Å². The highest BCUT2D eigenvalue weighted by Crippen LogP contribution is 2.32. The molecule has 0 aliphatic heterocycles. The van der Waals surface area contributed by atoms with Gasteiger partial charge in [0.25, 0.3) is 0 Å². The lowest BCUT2D eigenvalue weighted by molar-refractivity contribution is -0.144. The Labute approximate surface area is 115 Å². The summed E-state index contributed by atoms with van der Waals surface area (Å²) in [5.74, 6) is -1.77. The summed E-state index contributed by atoms with van der Waals surface area (Å²) in [4.78, 5) is 11.4. The van der Waals surface area contributed by atoms with Gasteiger partial charge in [-0.15, -0.1) is 6.58 Å². The van der Waals surface area contributed by atoms with Crippen LogP contribution in [0, 0.1) is 5.92 Å². The topological polar surface area (TPSA) is 57.5 Å². The number of hydrogen-bond donors (Lipinski definition) is 2. The van der Waals surface area contributed by atoms with Gasteiger partial charge in [0, 0.05) is 0 Å². The first-order valence-corrected chi connectivity index (χ1v) is 9.49. The van der Waals surface area contributed by atoms with Crippen molar-refractivity contribution in [3.05, 3.63) is 43.0 Å². The van der Waals surface area contributed by atoms with Gasteiger partial charge in [-0.1, -0.05) is 61.6 Å². The number of aliphatic hydroxyl groups is 1. The van der Waals surface area contributed by atoms with Gasteiger partial charge < -0.3 is 10.2 Å². The Kier molecular flexibility index (Phi) is 5.09. The van der Waals surface area contributed by atoms with E-state index in [4.69, 9.17) is 0 Å². The fourth-order valence-corrected chi connectivity index (χ4v) is 5.20. The number of rotatable bonds is 6. The van der Waals surface area contributed by atoms with Crippen molar-refractivity contribution in [2.45, 2.75) is 31.7 Å². The third-order valence-electron chi connectivity index (χ3n) is 4.09. The Morgan fingerprint density at radius 2 is 1.84 bits per heavy atom. The molecule has 1 rings (SSSR count). The quantitative estimate of drug-likeness (QED) is 0.620. The van der Waals surface area contributed by atoms with E-state index in [1.165, 1.54) is 11.3 Å². The van der Waals surface area contributed by atoms with Gasteiger partial charge in [0.05, 0.1) is 20.1 Å². The van der Waals surface area contributed by atoms with Gasteiger partial charge >= 0.3 is 5.97 Å². The normalized spacial score (nSPS) is 16.4. The minimum Gasteiger partial charge on any atom is -0.481 e. The van der Waals surface area contributed by atoms with Crippen LogP contribution in [0.1, 0.15) is 6.92 Å². The van der Waals surface area contributed by atoms with E-state index in [9.17, 15) is 15.0 Å². The molecule has 0 fully saturated rings. The lowest BCUT2D eigenvalue weighted by Crippen LogP contribution is -2.50. The third-order valence-corrected chi connectivity index (χ3v) is 8.55. The molecule has 3 nitrogen and oxygen atoms in total. The molecule has 0 aliphatic carbocycles. The lowest BCUT2D eigenvalue weighted by Gasteiger charge is -2.35. The first-order valence-electron chi connectivity index (χ1n) is 6.41. The van der Waals surface area contributed by atoms with Crippen molar-refractivity contribution in [1.82, 2.24) is 0 Å². The van der Waals surface area contributed by atoms with E-state index in [0.717, 1.165) is 0 Å². The Hall–Kier alpha value is -1.39. The molecule has 1 aromatic carbocycles. The maximum atomic E-state index is 11.4. The molecule has 0 bridgehead atoms. The van der Waals surface area contributed by atoms with Gasteiger partial charge in [0.15, 0.2) is 0 Å². The van der Waals surface area contributed by atoms with Crippen molar-refractivity contribution in [3.63, 3.8) is 0 Å². The zero-order valence-corrected chi connectivity index (χ0v) is 12.7. The molecule has 2 N–H and O–H groups in total. The second kappa shape index (κ2) is 6.17. The number of hydrogen-bond acceptors (Lipinski definition) is 2. The minimum atomic E-state index is -1.98. The standard InChI is InChI=1S/C15H22O3Si/c1-5-13(16)14(15(17)18)11(2)19(3,4)12-9-7-6-8-10-12/h5-11,13-14,16H,1H2,2-4H3,(H,17,18)/t11-,13-,14+/m0/s1. The molecule has 104 valence electrons. The second-order valence-corrected chi connectivity index (χ2v) is 10.4. The average molecular weight is 278 g/mol. The Morgan fingerprint density at radius 1 is 1.32 bits per heavy atom. The monoisotopic (exact) mass is 278 g/mol. The van der Waals surface area contributed by atoms with E-state index in [-0.39, 0.29) is 5.54 Å². The Bertz CT molecular complexity index is 442. The van der Waals surface area contributed by atoms with Crippen molar-refractivity contribution in [3.8, 4) is 0 Å². The maximum absolute atomic E-state index is 11.4. The molecule has 19 heavy (non-hydrogen) atoms. The van der Waals surface area contributed by atoms with Crippen molar-refractivity contribution < 1.29 is 15.0 Å². The minimum absolute atomic E-state index is 0.0969. The number of carboxylic acid groups (broad SMARTS) is 1. The summed E-state index contributed by atoms with van der Waals surface area (Å²) >= 11 is 0. The van der Waals surface area contributed by atoms with Crippen LogP contribution < -0.4 is 5.19 Å². The molecular weight excluding hydrogens is 256 g/mol. The molecule has 0 heterocycles. The molecule has 0 amide bonds. The highest BCUT2D eigenvalue weighted by Gasteiger charge is 2.41. The molecule has 1 aromatic rings. The van der Waals surface area contributed by atoms with Gasteiger partial charge in [-0.05, 0) is 5.54 Å². The van der Waals surface area contributed by atoms with Crippen LogP contribution in [-0.4, -0.2) is 30.4 Å². The van der Waals surface area contributed by atoms with E-state index in [2.05, 4.69) is 19.7 Å². The van der Waals surface area contributed by atoms with Crippen LogP contribution in [-0.2, 0) is 4.79 Å². The molecule has 0 aromatic heterocycles. The van der Waals surface area contributed by atoms with Gasteiger partial charge in [-0.2, -0.15) is 0 Å². The number of carbonyl (C=O) groups is 1. The summed E-state index contributed by atoms with van der Waals surface area (Å²) < 4.78 is 0. The van der Waals surface area contributed by atoms with Crippen molar-refractivity contribution in [2.24, 2.45) is 5.92 Å². The average Bonchev–Trinajstić information content (AvgIpc) is 2.39. The molecule has 0 radical (unpaired) electrons. The number of aliphatic hydroxyl groups excluding tert-OH is 1. The van der Waals surface area contributed by atoms with Gasteiger partial charge in [0.2, 0.25) is 0 Å². The molecular formula is C15H22O3Si. The molecule has 3 atom stereocenters. The van der Waals surface area contributed by atoms with Crippen LogP contribution in [0.2, 0.25) is 18.6 Å². The van der Waals surface area contributed by atoms with E-state index < -0.39 is 26.1 Å². The predicted octanol–water partition coefficient (Wildman–Crippen LogP) is 2.24. The number of benzene rings is 1. The molecule has 0 spiro atoms. The summed E-state index contributed by atoms with van der Waals surface area (Å²) in [6.45, 7) is 9.70. The summed E-state index contributed by atoms with van der Waals surface area (Å²) in [7, 11) is -1.98. The van der Waals surface area contributed by atoms with Crippen LogP contribution in [0.4, 0.5) is 0 Å². The summed E-state index contributed by atoms with van der Waals surface area (Å²) in [6.07, 6.45) is 0.299. The smallest absolute Gasteiger partial charge is 0.309 e. The van der Waals surface area contributed by atoms with Crippen LogP contribution in [0.25, 0.3) is 0 Å². The fraction of sp³-hybridized carbons (Fsp3) is 0.400. The Morgan fingerprint density at radius 3 is 2.26 bits per heavy atom. The van der Waals surface area contributed by atoms with Gasteiger partial charge in [-0.3, -0.25) is 4.79 Å². The van der Waals surface area contributed by atoms with Gasteiger partial charge in [-0.25, -0.2) is 0 Å². The van der Waals surface area contributed by atoms with Crippen LogP contribution in [0.3, 0.4) is 0 Å². The zero-order valence-electron chi connectivity index (χ0n) is 11.7. The lowest BCUT2D eigenvalue weighted by atomic mass is 9.99. The first-order chi connectivity index (χ1) is 8.82. The van der Waals surface area contributed by atoms with Crippen LogP contribution in [0.5, 0.6) is 0 Å². The van der Waals surface area contributed by atoms with Crippen LogP contribution >= 0.6 is 0 Å². The van der Waals surface area contributed by atoms with E-state index in [1.807, 2.05) is 37.3 Å². The molecule has 0 unspecified atom stereocenters. The molecule has 4 heteroatoms. The molecule has 0 saturated carbocycles. The first kappa shape index (κ1) is 15.7. The largest absolute Gasteiger partial charge is 0.481 e. The number of aliphatic carboxylic acids is 1. The second-order valence-electron chi connectivity index (χ2n) is 5.47. The zero-order chi connectivity index (χ0) is 14.6. The van der Waals surface area contributed by atoms with Crippen LogP contribution in [0.15, 0.2) is 43.0 Å². The SMILES string of the molecule is C=C[C@H](O)[C@H](C(=O)O)[C@H](C)[Si](C)(C)c1ccccc1. The molecule has 0 saturated heterocycles. The Balaban J connectivity index is 3.11. The van der Waals surface area contributed by atoms with Crippen molar-refractivity contribution in [1.29, 1.82) is 0 Å². The number of carboxylic acids is 1. The van der Waals surface area contributed by atoms with Crippen molar-refractivity contribution in [2.75, 3.05) is 0 Å². The van der Waals surface area contributed by atoms with Gasteiger partial charge in [0.1, 0.15) is 0 Å². The summed E-state index contributed by atoms with van der Waals surface area (Å²) in [6, 6.07) is 9.97. The third kappa shape index (κ3) is 3.33. The maximum Gasteiger partial charge on any atom is 0.309 e. The predicted molar refractivity (Wildman–Crippen MR) is 80.3 cm³/mol. The van der Waals surface area contributed by atoms with Crippen molar-refractivity contribution >= 4 is 19.2 Å². The molecule has 0 aliphatic rings. The fourth-order valence-electron chi connectivity index (χ4n) is 2.38. The summed E-state index contributed by atoms with van der Waals surface area (Å²) in [5.41, 5.74) is -0.0969. The van der Waals surface area contributed by atoms with E-state index >= 15 is 0 Å².